The van der Waals surface area contributed by atoms with E-state index in [4.69, 9.17) is 11.6 Å². The molecule has 2 aromatic rings. The second-order valence-electron chi connectivity index (χ2n) is 5.98. The number of rotatable bonds is 4. The molecule has 0 atom stereocenters. The van der Waals surface area contributed by atoms with Crippen molar-refractivity contribution in [2.24, 2.45) is 0 Å². The number of benzene rings is 2. The Hall–Kier alpha value is -1.64. The Morgan fingerprint density at radius 1 is 0.900 bits per heavy atom. The summed E-state index contributed by atoms with van der Waals surface area (Å²) in [5.74, 6) is 0.0264. The molecule has 20 heavy (non-hydrogen) atoms. The van der Waals surface area contributed by atoms with E-state index in [0.717, 1.165) is 11.0 Å². The highest BCUT2D eigenvalue weighted by Crippen LogP contribution is 2.15. The van der Waals surface area contributed by atoms with Crippen molar-refractivity contribution in [1.82, 2.24) is 0 Å². The van der Waals surface area contributed by atoms with Gasteiger partial charge in [-0.3, -0.25) is 4.79 Å². The zero-order valence-electron chi connectivity index (χ0n) is 12.1. The average molecular weight is 289 g/mol. The van der Waals surface area contributed by atoms with Crippen LogP contribution in [0.15, 0.2) is 48.5 Å². The first-order valence-corrected chi connectivity index (χ1v) is 6.93. The smallest absolute Gasteiger partial charge is 0.193 e. The van der Waals surface area contributed by atoms with Gasteiger partial charge in [-0.15, -0.1) is 0 Å². The van der Waals surface area contributed by atoms with Crippen LogP contribution >= 0.6 is 11.6 Å². The first-order valence-electron chi connectivity index (χ1n) is 6.55. The first kappa shape index (κ1) is 14.8. The van der Waals surface area contributed by atoms with Crippen LogP contribution in [0.2, 0.25) is 5.02 Å². The van der Waals surface area contributed by atoms with Crippen molar-refractivity contribution in [1.29, 1.82) is 0 Å². The second kappa shape index (κ2) is 5.78. The maximum absolute atomic E-state index is 12.3. The molecule has 0 unspecified atom stereocenters. The van der Waals surface area contributed by atoms with Crippen molar-refractivity contribution in [2.45, 2.75) is 6.54 Å². The summed E-state index contributed by atoms with van der Waals surface area (Å²) in [6.07, 6.45) is 0. The Balaban J connectivity index is 2.17. The Labute approximate surface area is 125 Å². The summed E-state index contributed by atoms with van der Waals surface area (Å²) >= 11 is 5.83. The first-order chi connectivity index (χ1) is 9.35. The zero-order chi connectivity index (χ0) is 14.8. The summed E-state index contributed by atoms with van der Waals surface area (Å²) in [6.45, 7) is 0.940. The molecule has 0 bridgehead atoms. The maximum Gasteiger partial charge on any atom is 0.193 e. The van der Waals surface area contributed by atoms with Crippen molar-refractivity contribution < 1.29 is 9.28 Å². The topological polar surface area (TPSA) is 17.1 Å². The third-order valence-corrected chi connectivity index (χ3v) is 3.23. The predicted octanol–water partition coefficient (Wildman–Crippen LogP) is 3.78. The molecule has 0 spiro atoms. The van der Waals surface area contributed by atoms with Gasteiger partial charge in [-0.05, 0) is 24.3 Å². The molecule has 0 amide bonds. The van der Waals surface area contributed by atoms with Crippen LogP contribution in [0.4, 0.5) is 0 Å². The third-order valence-electron chi connectivity index (χ3n) is 2.98. The fourth-order valence-corrected chi connectivity index (χ4v) is 2.20. The molecular formula is C17H19ClNO+. The molecule has 0 N–H and O–H groups in total. The van der Waals surface area contributed by atoms with E-state index in [1.807, 2.05) is 24.3 Å². The van der Waals surface area contributed by atoms with Gasteiger partial charge in [0.2, 0.25) is 0 Å². The summed E-state index contributed by atoms with van der Waals surface area (Å²) in [4.78, 5) is 12.3. The average Bonchev–Trinajstić information content (AvgIpc) is 2.38. The molecule has 104 valence electrons. The van der Waals surface area contributed by atoms with Gasteiger partial charge >= 0.3 is 0 Å². The number of halogens is 1. The molecule has 0 fully saturated rings. The van der Waals surface area contributed by atoms with Crippen LogP contribution in [0.25, 0.3) is 0 Å². The van der Waals surface area contributed by atoms with Crippen LogP contribution in [0.3, 0.4) is 0 Å². The Kier molecular flexibility index (Phi) is 4.26. The Bertz CT molecular complexity index is 594. The minimum absolute atomic E-state index is 0.0264. The van der Waals surface area contributed by atoms with Crippen molar-refractivity contribution >= 4 is 17.4 Å². The number of nitrogens with zero attached hydrogens (tertiary/aromatic N) is 1. The van der Waals surface area contributed by atoms with E-state index in [9.17, 15) is 4.79 Å². The lowest BCUT2D eigenvalue weighted by Gasteiger charge is -2.23. The normalized spacial score (nSPS) is 11.4. The number of quaternary nitrogens is 1. The number of ketones is 1. The largest absolute Gasteiger partial charge is 0.327 e. The van der Waals surface area contributed by atoms with Gasteiger partial charge in [0, 0.05) is 21.7 Å². The number of hydrogen-bond donors (Lipinski definition) is 0. The summed E-state index contributed by atoms with van der Waals surface area (Å²) in [6, 6.07) is 14.8. The van der Waals surface area contributed by atoms with E-state index < -0.39 is 0 Å². The lowest BCUT2D eigenvalue weighted by Crippen LogP contribution is -2.33. The number of carbonyl (C=O) groups is 1. The number of carbonyl (C=O) groups excluding carboxylic acids is 1. The zero-order valence-corrected chi connectivity index (χ0v) is 12.8. The highest BCUT2D eigenvalue weighted by atomic mass is 35.5. The molecule has 2 nitrogen and oxygen atoms in total. The van der Waals surface area contributed by atoms with Crippen LogP contribution in [0.5, 0.6) is 0 Å². The SMILES string of the molecule is C[N+](C)(C)Cc1ccc(C(=O)c2ccc(Cl)cc2)cc1. The standard InChI is InChI=1S/C17H19ClNO/c1-19(2,3)12-13-4-6-14(7-5-13)17(20)15-8-10-16(18)11-9-15/h4-11H,12H2,1-3H3/q+1. The minimum atomic E-state index is 0.0264. The third kappa shape index (κ3) is 3.92. The van der Waals surface area contributed by atoms with E-state index in [1.165, 1.54) is 5.56 Å². The van der Waals surface area contributed by atoms with E-state index in [2.05, 4.69) is 21.1 Å². The maximum atomic E-state index is 12.3. The van der Waals surface area contributed by atoms with E-state index >= 15 is 0 Å². The molecule has 3 heteroatoms. The lowest BCUT2D eigenvalue weighted by atomic mass is 10.0. The second-order valence-corrected chi connectivity index (χ2v) is 6.42. The monoisotopic (exact) mass is 288 g/mol. The van der Waals surface area contributed by atoms with Crippen LogP contribution in [-0.2, 0) is 6.54 Å². The summed E-state index contributed by atoms with van der Waals surface area (Å²) in [7, 11) is 6.44. The van der Waals surface area contributed by atoms with Crippen molar-refractivity contribution in [2.75, 3.05) is 21.1 Å². The molecule has 0 saturated carbocycles. The van der Waals surface area contributed by atoms with Crippen LogP contribution < -0.4 is 0 Å². The van der Waals surface area contributed by atoms with Crippen molar-refractivity contribution in [3.05, 3.63) is 70.2 Å². The van der Waals surface area contributed by atoms with E-state index in [-0.39, 0.29) is 5.78 Å². The van der Waals surface area contributed by atoms with Gasteiger partial charge in [0.25, 0.3) is 0 Å². The Morgan fingerprint density at radius 3 is 1.80 bits per heavy atom. The van der Waals surface area contributed by atoms with Gasteiger partial charge in [0.05, 0.1) is 21.1 Å². The van der Waals surface area contributed by atoms with E-state index in [1.54, 1.807) is 24.3 Å². The minimum Gasteiger partial charge on any atom is -0.327 e. The molecule has 0 aliphatic heterocycles. The molecule has 0 radical (unpaired) electrons. The van der Waals surface area contributed by atoms with Gasteiger partial charge in [-0.25, -0.2) is 0 Å². The predicted molar refractivity (Wildman–Crippen MR) is 83.1 cm³/mol. The van der Waals surface area contributed by atoms with Gasteiger partial charge in [0.1, 0.15) is 6.54 Å². The molecule has 0 saturated heterocycles. The Morgan fingerprint density at radius 2 is 1.35 bits per heavy atom. The van der Waals surface area contributed by atoms with Crippen LogP contribution in [0, 0.1) is 0 Å². The number of hydrogen-bond acceptors (Lipinski definition) is 1. The van der Waals surface area contributed by atoms with E-state index in [0.29, 0.717) is 16.1 Å². The quantitative estimate of drug-likeness (QED) is 0.618. The van der Waals surface area contributed by atoms with Gasteiger partial charge in [-0.2, -0.15) is 0 Å². The van der Waals surface area contributed by atoms with Crippen LogP contribution in [-0.4, -0.2) is 31.4 Å². The molecule has 0 aliphatic carbocycles. The highest BCUT2D eigenvalue weighted by molar-refractivity contribution is 6.30. The van der Waals surface area contributed by atoms with Crippen molar-refractivity contribution in [3.8, 4) is 0 Å². The molecule has 0 aliphatic rings. The molecular weight excluding hydrogens is 270 g/mol. The lowest BCUT2D eigenvalue weighted by molar-refractivity contribution is -0.884. The van der Waals surface area contributed by atoms with Gasteiger partial charge in [-0.1, -0.05) is 35.9 Å². The van der Waals surface area contributed by atoms with Crippen molar-refractivity contribution in [3.63, 3.8) is 0 Å². The highest BCUT2D eigenvalue weighted by Gasteiger charge is 2.11. The van der Waals surface area contributed by atoms with Gasteiger partial charge in [0.15, 0.2) is 5.78 Å². The molecule has 2 aromatic carbocycles. The fourth-order valence-electron chi connectivity index (χ4n) is 2.08. The van der Waals surface area contributed by atoms with Crippen LogP contribution in [0.1, 0.15) is 21.5 Å². The summed E-state index contributed by atoms with van der Waals surface area (Å²) in [5, 5.41) is 0.639. The van der Waals surface area contributed by atoms with Gasteiger partial charge < -0.3 is 4.48 Å². The summed E-state index contributed by atoms with van der Waals surface area (Å²) in [5.41, 5.74) is 2.59. The molecule has 0 aromatic heterocycles. The molecule has 2 rings (SSSR count). The molecule has 0 heterocycles. The summed E-state index contributed by atoms with van der Waals surface area (Å²) < 4.78 is 0.866. The fraction of sp³-hybridized carbons (Fsp3) is 0.235.